The molecule has 5 aromatic carbocycles. The Hall–Kier alpha value is -6.37. The van der Waals surface area contributed by atoms with Crippen LogP contribution in [0.3, 0.4) is 0 Å². The highest BCUT2D eigenvalue weighted by atomic mass is 32.2. The van der Waals surface area contributed by atoms with Gasteiger partial charge in [0.05, 0.1) is 11.3 Å². The minimum atomic E-state index is -0.379. The Morgan fingerprint density at radius 3 is 2.39 bits per heavy atom. The monoisotopic (exact) mass is 754 g/mol. The summed E-state index contributed by atoms with van der Waals surface area (Å²) in [4.78, 5) is 14.4. The number of fused-ring (bicyclic) bond motifs is 9. The van der Waals surface area contributed by atoms with Gasteiger partial charge in [-0.2, -0.15) is 0 Å². The molecule has 3 aliphatic heterocycles. The lowest BCUT2D eigenvalue weighted by Crippen LogP contribution is -2.37. The molecular weight excluding hydrogens is 717 g/mol. The number of amidine groups is 2. The molecule has 6 aromatic rings. The number of rotatable bonds is 5. The van der Waals surface area contributed by atoms with Crippen molar-refractivity contribution in [3.05, 3.63) is 220 Å². The molecule has 0 amide bonds. The summed E-state index contributed by atoms with van der Waals surface area (Å²) in [6.45, 7) is 0. The molecule has 5 nitrogen and oxygen atoms in total. The third-order valence-electron chi connectivity index (χ3n) is 12.3. The number of anilines is 1. The van der Waals surface area contributed by atoms with Gasteiger partial charge in [0.25, 0.3) is 0 Å². The summed E-state index contributed by atoms with van der Waals surface area (Å²) < 4.78 is 6.79. The minimum Gasteiger partial charge on any atom is -0.460 e. The summed E-state index contributed by atoms with van der Waals surface area (Å²) in [6.07, 6.45) is 20.1. The molecule has 12 rings (SSSR count). The first-order valence-electron chi connectivity index (χ1n) is 20.0. The number of aryl methyl sites for hydroxylation is 1. The van der Waals surface area contributed by atoms with E-state index in [4.69, 9.17) is 14.4 Å². The van der Waals surface area contributed by atoms with Crippen molar-refractivity contribution in [1.82, 2.24) is 5.32 Å². The van der Waals surface area contributed by atoms with Gasteiger partial charge in [0.1, 0.15) is 23.0 Å². The van der Waals surface area contributed by atoms with E-state index in [1.807, 2.05) is 23.9 Å². The van der Waals surface area contributed by atoms with Crippen LogP contribution in [-0.4, -0.2) is 23.0 Å². The van der Waals surface area contributed by atoms with E-state index in [9.17, 15) is 0 Å². The van der Waals surface area contributed by atoms with Gasteiger partial charge in [0.15, 0.2) is 6.17 Å². The maximum atomic E-state index is 6.79. The van der Waals surface area contributed by atoms with Crippen molar-refractivity contribution in [2.75, 3.05) is 4.90 Å². The van der Waals surface area contributed by atoms with E-state index in [0.717, 1.165) is 57.9 Å². The van der Waals surface area contributed by atoms with E-state index in [-0.39, 0.29) is 23.4 Å². The molecular formula is C51H38N4OS. The topological polar surface area (TPSA) is 53.1 Å². The molecule has 0 spiro atoms. The van der Waals surface area contributed by atoms with Crippen LogP contribution in [0, 0.1) is 0 Å². The normalized spacial score (nSPS) is 23.7. The number of benzene rings is 5. The van der Waals surface area contributed by atoms with Crippen molar-refractivity contribution in [2.24, 2.45) is 9.98 Å². The van der Waals surface area contributed by atoms with Crippen molar-refractivity contribution in [2.45, 2.75) is 47.0 Å². The van der Waals surface area contributed by atoms with Crippen molar-refractivity contribution >= 4 is 45.7 Å². The van der Waals surface area contributed by atoms with Crippen LogP contribution < -0.4 is 10.2 Å². The molecule has 5 atom stereocenters. The maximum Gasteiger partial charge on any atom is 0.169 e. The van der Waals surface area contributed by atoms with Gasteiger partial charge in [-0.3, -0.25) is 0 Å². The number of aliphatic imine (C=N–C) groups is 2. The number of hydrogen-bond donors (Lipinski definition) is 1. The number of thioether (sulfide) groups is 1. The Balaban J connectivity index is 0.961. The van der Waals surface area contributed by atoms with Gasteiger partial charge < -0.3 is 14.6 Å². The number of para-hydroxylation sites is 1. The van der Waals surface area contributed by atoms with Crippen LogP contribution in [0.2, 0.25) is 0 Å². The van der Waals surface area contributed by atoms with Gasteiger partial charge in [-0.15, -0.1) is 11.8 Å². The van der Waals surface area contributed by atoms with Crippen LogP contribution in [0.5, 0.6) is 0 Å². The van der Waals surface area contributed by atoms with Crippen LogP contribution in [0.25, 0.3) is 16.5 Å². The Bertz CT molecular complexity index is 2840. The molecule has 0 radical (unpaired) electrons. The van der Waals surface area contributed by atoms with Crippen molar-refractivity contribution in [1.29, 1.82) is 0 Å². The lowest BCUT2D eigenvalue weighted by molar-refractivity contribution is 0.545. The van der Waals surface area contributed by atoms with Crippen LogP contribution in [0.15, 0.2) is 195 Å². The fourth-order valence-electron chi connectivity index (χ4n) is 9.86. The van der Waals surface area contributed by atoms with Crippen LogP contribution in [0.4, 0.5) is 5.69 Å². The molecule has 6 heteroatoms. The summed E-state index contributed by atoms with van der Waals surface area (Å²) >= 11 is 2.02. The van der Waals surface area contributed by atoms with E-state index >= 15 is 0 Å². The standard InChI is InChI=1S/C51H38N4OS/c1-3-15-31(16-4-1)49-52-50(32-17-5-2-6-18-32)54-51(53-49)38-24-13-29-43-47(38)46-36(21-12-28-42(46)56-43)35-22-14-30-44-45(35)37-23-11-27-41(48(37)57-44)55-39-25-9-7-19-33(39)34-20-8-10-26-40(34)55/h1-11,13-27,29-30,33,37,39,48-49H,12,28H2,(H,52,53,54). The molecule has 0 saturated heterocycles. The third-order valence-corrected chi connectivity index (χ3v) is 13.7. The summed E-state index contributed by atoms with van der Waals surface area (Å²) in [7, 11) is 0. The Morgan fingerprint density at radius 1 is 0.702 bits per heavy atom. The Labute approximate surface area is 336 Å². The van der Waals surface area contributed by atoms with Gasteiger partial charge in [0.2, 0.25) is 0 Å². The highest BCUT2D eigenvalue weighted by Gasteiger charge is 2.45. The number of nitrogens with zero attached hydrogens (tertiary/aromatic N) is 3. The summed E-state index contributed by atoms with van der Waals surface area (Å²) in [5, 5.41) is 5.04. The van der Waals surface area contributed by atoms with E-state index in [0.29, 0.717) is 5.92 Å². The average molecular weight is 755 g/mol. The predicted molar refractivity (Wildman–Crippen MR) is 233 cm³/mol. The van der Waals surface area contributed by atoms with E-state index in [1.54, 1.807) is 0 Å². The maximum absolute atomic E-state index is 6.79. The first-order valence-corrected chi connectivity index (χ1v) is 20.9. The third kappa shape index (κ3) is 5.17. The zero-order valence-corrected chi connectivity index (χ0v) is 31.9. The first-order chi connectivity index (χ1) is 28.3. The second-order valence-corrected chi connectivity index (χ2v) is 16.6. The van der Waals surface area contributed by atoms with Gasteiger partial charge in [-0.05, 0) is 58.5 Å². The second-order valence-electron chi connectivity index (χ2n) is 15.4. The smallest absolute Gasteiger partial charge is 0.169 e. The Kier molecular flexibility index (Phi) is 7.55. The summed E-state index contributed by atoms with van der Waals surface area (Å²) in [5.74, 6) is 3.24. The molecule has 4 heterocycles. The second kappa shape index (κ2) is 13.1. The lowest BCUT2D eigenvalue weighted by atomic mass is 9.81. The van der Waals surface area contributed by atoms with Crippen LogP contribution in [0.1, 0.15) is 69.1 Å². The average Bonchev–Trinajstić information content (AvgIpc) is 3.97. The van der Waals surface area contributed by atoms with Gasteiger partial charge in [0, 0.05) is 56.6 Å². The SMILES string of the molecule is C1=CC2c3c(cccc3C3=CCCc4oc5cccc(C6=NC(c7ccccc7)N=C(c7ccccc7)N6)c5c43)SC2C(N2c3ccccc3C3C=CC=CC32)=C1. The molecule has 0 bridgehead atoms. The highest BCUT2D eigenvalue weighted by Crippen LogP contribution is 2.57. The molecule has 5 unspecified atom stereocenters. The summed E-state index contributed by atoms with van der Waals surface area (Å²) in [6, 6.07) is 43.3. The van der Waals surface area contributed by atoms with Crippen LogP contribution in [-0.2, 0) is 6.42 Å². The molecule has 1 N–H and O–H groups in total. The number of hydrogen-bond acceptors (Lipinski definition) is 6. The van der Waals surface area contributed by atoms with Crippen LogP contribution >= 0.6 is 11.8 Å². The Morgan fingerprint density at radius 2 is 1.47 bits per heavy atom. The zero-order valence-electron chi connectivity index (χ0n) is 31.1. The molecule has 1 aromatic heterocycles. The van der Waals surface area contributed by atoms with E-state index < -0.39 is 0 Å². The predicted octanol–water partition coefficient (Wildman–Crippen LogP) is 11.4. The fourth-order valence-corrected chi connectivity index (χ4v) is 11.3. The quantitative estimate of drug-likeness (QED) is 0.190. The van der Waals surface area contributed by atoms with Gasteiger partial charge >= 0.3 is 0 Å². The van der Waals surface area contributed by atoms with Crippen molar-refractivity contribution in [3.63, 3.8) is 0 Å². The van der Waals surface area contributed by atoms with Gasteiger partial charge in [-0.1, -0.05) is 146 Å². The molecule has 57 heavy (non-hydrogen) atoms. The molecule has 0 fully saturated rings. The largest absolute Gasteiger partial charge is 0.460 e. The van der Waals surface area contributed by atoms with E-state index in [1.165, 1.54) is 44.1 Å². The first kappa shape index (κ1) is 32.8. The number of furan rings is 1. The molecule has 6 aliphatic rings. The molecule has 3 aliphatic carbocycles. The fraction of sp³-hybridized carbons (Fsp3) is 0.137. The summed E-state index contributed by atoms with van der Waals surface area (Å²) in [5.41, 5.74) is 13.3. The number of nitrogens with one attached hydrogen (secondary N) is 1. The minimum absolute atomic E-state index is 0.236. The van der Waals surface area contributed by atoms with Crippen molar-refractivity contribution < 1.29 is 4.42 Å². The number of allylic oxidation sites excluding steroid dienone is 6. The van der Waals surface area contributed by atoms with Gasteiger partial charge in [-0.25, -0.2) is 9.98 Å². The highest BCUT2D eigenvalue weighted by molar-refractivity contribution is 8.00. The zero-order chi connectivity index (χ0) is 37.5. The molecule has 274 valence electrons. The lowest BCUT2D eigenvalue weighted by Gasteiger charge is -2.36. The molecule has 0 saturated carbocycles. The van der Waals surface area contributed by atoms with E-state index in [2.05, 4.69) is 168 Å². The van der Waals surface area contributed by atoms with Crippen molar-refractivity contribution in [3.8, 4) is 0 Å².